The molecule has 2 N–H and O–H groups in total. The predicted octanol–water partition coefficient (Wildman–Crippen LogP) is 3.05. The quantitative estimate of drug-likeness (QED) is 0.392. The molecular formula is C21H35N3O3S. The van der Waals surface area contributed by atoms with E-state index in [-0.39, 0.29) is 11.5 Å². The lowest BCUT2D eigenvalue weighted by molar-refractivity contribution is -0.113. The number of aliphatic imine (C=N–C) groups is 1. The lowest BCUT2D eigenvalue weighted by atomic mass is 9.64. The molecule has 28 heavy (non-hydrogen) atoms. The normalized spacial score (nSPS) is 21.9. The number of nitrogens with zero attached hydrogens (tertiary/aromatic N) is 1. The first-order valence-electron chi connectivity index (χ1n) is 9.98. The van der Waals surface area contributed by atoms with E-state index in [1.54, 1.807) is 13.1 Å². The van der Waals surface area contributed by atoms with Crippen LogP contribution in [-0.4, -0.2) is 46.4 Å². The molecule has 0 amide bonds. The second-order valence-corrected chi connectivity index (χ2v) is 10.2. The molecule has 158 valence electrons. The highest BCUT2D eigenvalue weighted by atomic mass is 32.2. The standard InChI is InChI=1S/C21H35N3O3S/c1-7-8-11-27-19-13-18(21(19,3)4)24-20(22-5)23-14-16-9-10-17(15(2)12-16)28(6,25)26/h9-10,12,18-19H,7-8,11,13-14H2,1-6H3,(H2,22,23,24). The van der Waals surface area contributed by atoms with E-state index in [2.05, 4.69) is 36.4 Å². The van der Waals surface area contributed by atoms with Crippen molar-refractivity contribution in [2.45, 2.75) is 70.5 Å². The third-order valence-corrected chi connectivity index (χ3v) is 6.88. The topological polar surface area (TPSA) is 79.8 Å². The van der Waals surface area contributed by atoms with Crippen molar-refractivity contribution in [1.29, 1.82) is 0 Å². The monoisotopic (exact) mass is 409 g/mol. The van der Waals surface area contributed by atoms with Gasteiger partial charge in [0.2, 0.25) is 0 Å². The summed E-state index contributed by atoms with van der Waals surface area (Å²) in [6, 6.07) is 5.72. The van der Waals surface area contributed by atoms with E-state index < -0.39 is 9.84 Å². The van der Waals surface area contributed by atoms with Crippen LogP contribution < -0.4 is 10.6 Å². The van der Waals surface area contributed by atoms with Crippen molar-refractivity contribution in [3.8, 4) is 0 Å². The van der Waals surface area contributed by atoms with Crippen LogP contribution in [0.4, 0.5) is 0 Å². The van der Waals surface area contributed by atoms with Gasteiger partial charge in [0.15, 0.2) is 15.8 Å². The molecule has 0 saturated heterocycles. The van der Waals surface area contributed by atoms with E-state index in [9.17, 15) is 8.42 Å². The van der Waals surface area contributed by atoms with Crippen LogP contribution in [0.25, 0.3) is 0 Å². The van der Waals surface area contributed by atoms with Gasteiger partial charge in [0.25, 0.3) is 0 Å². The summed E-state index contributed by atoms with van der Waals surface area (Å²) in [5.41, 5.74) is 1.83. The fraction of sp³-hybridized carbons (Fsp3) is 0.667. The lowest BCUT2D eigenvalue weighted by Gasteiger charge is -2.52. The molecule has 1 aromatic rings. The summed E-state index contributed by atoms with van der Waals surface area (Å²) in [5, 5.41) is 6.82. The lowest BCUT2D eigenvalue weighted by Crippen LogP contribution is -2.63. The highest BCUT2D eigenvalue weighted by Gasteiger charge is 2.49. The average molecular weight is 410 g/mol. The average Bonchev–Trinajstić information content (AvgIpc) is 2.61. The third-order valence-electron chi connectivity index (χ3n) is 5.63. The number of nitrogens with one attached hydrogen (secondary N) is 2. The van der Waals surface area contributed by atoms with E-state index >= 15 is 0 Å². The van der Waals surface area contributed by atoms with Gasteiger partial charge in [-0.3, -0.25) is 4.99 Å². The zero-order valence-electron chi connectivity index (χ0n) is 18.0. The van der Waals surface area contributed by atoms with Crippen LogP contribution in [0.2, 0.25) is 0 Å². The van der Waals surface area contributed by atoms with Crippen LogP contribution in [0.1, 0.15) is 51.2 Å². The molecule has 0 aliphatic heterocycles. The van der Waals surface area contributed by atoms with E-state index in [4.69, 9.17) is 4.74 Å². The molecule has 0 heterocycles. The first kappa shape index (κ1) is 22.7. The summed E-state index contributed by atoms with van der Waals surface area (Å²) in [6.45, 7) is 9.85. The van der Waals surface area contributed by atoms with Crippen LogP contribution in [0.15, 0.2) is 28.1 Å². The minimum atomic E-state index is -3.19. The van der Waals surface area contributed by atoms with Gasteiger partial charge in [-0.05, 0) is 37.0 Å². The van der Waals surface area contributed by atoms with Crippen molar-refractivity contribution in [3.05, 3.63) is 29.3 Å². The summed E-state index contributed by atoms with van der Waals surface area (Å²) >= 11 is 0. The minimum Gasteiger partial charge on any atom is -0.378 e. The Morgan fingerprint density at radius 1 is 1.36 bits per heavy atom. The number of hydrogen-bond acceptors (Lipinski definition) is 4. The Morgan fingerprint density at radius 2 is 2.07 bits per heavy atom. The van der Waals surface area contributed by atoms with Gasteiger partial charge in [0.05, 0.1) is 11.0 Å². The first-order valence-corrected chi connectivity index (χ1v) is 11.9. The molecule has 1 aromatic carbocycles. The molecule has 0 radical (unpaired) electrons. The molecule has 2 atom stereocenters. The van der Waals surface area contributed by atoms with Crippen LogP contribution in [0.5, 0.6) is 0 Å². The number of benzene rings is 1. The first-order chi connectivity index (χ1) is 13.1. The highest BCUT2D eigenvalue weighted by molar-refractivity contribution is 7.90. The zero-order chi connectivity index (χ0) is 20.9. The van der Waals surface area contributed by atoms with Crippen molar-refractivity contribution < 1.29 is 13.2 Å². The van der Waals surface area contributed by atoms with Crippen LogP contribution in [0.3, 0.4) is 0 Å². The van der Waals surface area contributed by atoms with Gasteiger partial charge in [0, 0.05) is 37.9 Å². The number of aryl methyl sites for hydroxylation is 1. The number of guanidine groups is 1. The van der Waals surface area contributed by atoms with Gasteiger partial charge in [-0.1, -0.05) is 39.3 Å². The van der Waals surface area contributed by atoms with Gasteiger partial charge >= 0.3 is 0 Å². The molecular weight excluding hydrogens is 374 g/mol. The molecule has 0 aromatic heterocycles. The van der Waals surface area contributed by atoms with Crippen LogP contribution >= 0.6 is 0 Å². The Bertz CT molecular complexity index is 803. The Balaban J connectivity index is 1.90. The van der Waals surface area contributed by atoms with Crippen molar-refractivity contribution >= 4 is 15.8 Å². The molecule has 2 unspecified atom stereocenters. The molecule has 2 rings (SSSR count). The number of ether oxygens (including phenoxy) is 1. The molecule has 0 spiro atoms. The Morgan fingerprint density at radius 3 is 2.61 bits per heavy atom. The Labute approximate surface area is 170 Å². The maximum atomic E-state index is 11.8. The second kappa shape index (κ2) is 9.27. The van der Waals surface area contributed by atoms with Crippen molar-refractivity contribution in [2.75, 3.05) is 19.9 Å². The smallest absolute Gasteiger partial charge is 0.191 e. The van der Waals surface area contributed by atoms with Gasteiger partial charge in [-0.25, -0.2) is 8.42 Å². The third kappa shape index (κ3) is 5.47. The zero-order valence-corrected chi connectivity index (χ0v) is 18.8. The predicted molar refractivity (Wildman–Crippen MR) is 114 cm³/mol. The Hall–Kier alpha value is -1.60. The van der Waals surface area contributed by atoms with Gasteiger partial charge in [0.1, 0.15) is 0 Å². The molecule has 1 aliphatic rings. The molecule has 1 aliphatic carbocycles. The largest absolute Gasteiger partial charge is 0.378 e. The van der Waals surface area contributed by atoms with E-state index in [0.717, 1.165) is 43.0 Å². The van der Waals surface area contributed by atoms with Crippen molar-refractivity contribution in [3.63, 3.8) is 0 Å². The molecule has 0 bridgehead atoms. The molecule has 1 saturated carbocycles. The minimum absolute atomic E-state index is 0.0546. The van der Waals surface area contributed by atoms with E-state index in [1.807, 2.05) is 19.1 Å². The number of rotatable bonds is 8. The van der Waals surface area contributed by atoms with Crippen molar-refractivity contribution in [1.82, 2.24) is 10.6 Å². The molecule has 7 heteroatoms. The SMILES string of the molecule is CCCCOC1CC(NC(=NC)NCc2ccc(S(C)(=O)=O)c(C)c2)C1(C)C. The highest BCUT2D eigenvalue weighted by Crippen LogP contribution is 2.42. The van der Waals surface area contributed by atoms with Gasteiger partial charge in [-0.2, -0.15) is 0 Å². The second-order valence-electron chi connectivity index (χ2n) is 8.26. The van der Waals surface area contributed by atoms with E-state index in [1.165, 1.54) is 6.26 Å². The van der Waals surface area contributed by atoms with E-state index in [0.29, 0.717) is 17.5 Å². The summed E-state index contributed by atoms with van der Waals surface area (Å²) in [7, 11) is -1.43. The van der Waals surface area contributed by atoms with Crippen LogP contribution in [0, 0.1) is 12.3 Å². The number of sulfone groups is 1. The maximum absolute atomic E-state index is 11.8. The molecule has 1 fully saturated rings. The summed E-state index contributed by atoms with van der Waals surface area (Å²) in [6.07, 6.45) is 4.74. The number of hydrogen-bond donors (Lipinski definition) is 2. The van der Waals surface area contributed by atoms with Gasteiger partial charge < -0.3 is 15.4 Å². The fourth-order valence-electron chi connectivity index (χ4n) is 3.57. The fourth-order valence-corrected chi connectivity index (χ4v) is 4.53. The maximum Gasteiger partial charge on any atom is 0.191 e. The van der Waals surface area contributed by atoms with Crippen LogP contribution in [-0.2, 0) is 21.1 Å². The molecule has 6 nitrogen and oxygen atoms in total. The Kier molecular flexibility index (Phi) is 7.51. The summed E-state index contributed by atoms with van der Waals surface area (Å²) < 4.78 is 29.5. The van der Waals surface area contributed by atoms with Gasteiger partial charge in [-0.15, -0.1) is 0 Å². The summed E-state index contributed by atoms with van der Waals surface area (Å²) in [5.74, 6) is 0.745. The van der Waals surface area contributed by atoms with Crippen molar-refractivity contribution in [2.24, 2.45) is 10.4 Å². The number of unbranched alkanes of at least 4 members (excludes halogenated alkanes) is 1. The summed E-state index contributed by atoms with van der Waals surface area (Å²) in [4.78, 5) is 4.71.